The van der Waals surface area contributed by atoms with Gasteiger partial charge in [0.25, 0.3) is 5.89 Å². The minimum Gasteiger partial charge on any atom is -0.502 e. The number of hydrogen-bond acceptors (Lipinski definition) is 8. The highest BCUT2D eigenvalue weighted by atomic mass is 16.5. The van der Waals surface area contributed by atoms with Gasteiger partial charge >= 0.3 is 5.97 Å². The Morgan fingerprint density at radius 2 is 2.14 bits per heavy atom. The fraction of sp³-hybridized carbons (Fsp3) is 0.407. The van der Waals surface area contributed by atoms with E-state index < -0.39 is 0 Å². The lowest BCUT2D eigenvalue weighted by atomic mass is 10.1. The summed E-state index contributed by atoms with van der Waals surface area (Å²) in [6.07, 6.45) is 1.10. The summed E-state index contributed by atoms with van der Waals surface area (Å²) in [6.45, 7) is 16.3. The minimum atomic E-state index is -0.162. The maximum absolute atomic E-state index is 11.6. The van der Waals surface area contributed by atoms with Crippen LogP contribution in [0.3, 0.4) is 0 Å². The largest absolute Gasteiger partial charge is 0.502 e. The van der Waals surface area contributed by atoms with Crippen molar-refractivity contribution >= 4 is 11.7 Å². The first kappa shape index (κ1) is 25.2. The monoisotopic (exact) mass is 490 g/mol. The third-order valence-corrected chi connectivity index (χ3v) is 5.66. The lowest BCUT2D eigenvalue weighted by Gasteiger charge is -2.18. The Morgan fingerprint density at radius 3 is 2.92 bits per heavy atom. The van der Waals surface area contributed by atoms with Crippen LogP contribution in [0.5, 0.6) is 11.5 Å². The van der Waals surface area contributed by atoms with Gasteiger partial charge in [-0.05, 0) is 58.0 Å². The molecule has 36 heavy (non-hydrogen) atoms. The van der Waals surface area contributed by atoms with E-state index in [1.165, 1.54) is 0 Å². The van der Waals surface area contributed by atoms with Gasteiger partial charge in [-0.2, -0.15) is 4.98 Å². The Bertz CT molecular complexity index is 1250. The van der Waals surface area contributed by atoms with Crippen LogP contribution in [-0.4, -0.2) is 53.4 Å². The molecule has 188 valence electrons. The topological polar surface area (TPSA) is 91.3 Å². The van der Waals surface area contributed by atoms with Crippen molar-refractivity contribution in [3.8, 4) is 34.3 Å². The Labute approximate surface area is 210 Å². The van der Waals surface area contributed by atoms with Crippen LogP contribution < -0.4 is 9.47 Å². The van der Waals surface area contributed by atoms with Crippen LogP contribution in [0.15, 0.2) is 40.9 Å². The molecule has 0 unspecified atom stereocenters. The number of ether oxygens (including phenoxy) is 3. The van der Waals surface area contributed by atoms with E-state index >= 15 is 0 Å². The lowest BCUT2D eigenvalue weighted by molar-refractivity contribution is -0.143. The number of benzene rings is 2. The van der Waals surface area contributed by atoms with Gasteiger partial charge in [-0.25, -0.2) is 4.85 Å². The second-order valence-electron chi connectivity index (χ2n) is 8.71. The molecule has 1 aliphatic rings. The zero-order valence-electron chi connectivity index (χ0n) is 20.8. The highest BCUT2D eigenvalue weighted by Gasteiger charge is 2.22. The van der Waals surface area contributed by atoms with Crippen molar-refractivity contribution in [3.63, 3.8) is 0 Å². The van der Waals surface area contributed by atoms with Crippen LogP contribution in [0.1, 0.15) is 39.2 Å². The SMILES string of the molecule is [C-]#[N+]c1cc(-c2nc(-c3cccc4c3OCCN(CCCC(=O)OCC)C4)no2)ccc1OC(C)C. The molecule has 0 spiro atoms. The summed E-state index contributed by atoms with van der Waals surface area (Å²) in [7, 11) is 0. The highest BCUT2D eigenvalue weighted by molar-refractivity contribution is 5.71. The molecule has 2 heterocycles. The molecule has 4 rings (SSSR count). The molecular formula is C27H30N4O5. The zero-order valence-corrected chi connectivity index (χ0v) is 20.8. The quantitative estimate of drug-likeness (QED) is 0.296. The van der Waals surface area contributed by atoms with E-state index in [1.54, 1.807) is 18.2 Å². The van der Waals surface area contributed by atoms with E-state index in [0.29, 0.717) is 54.9 Å². The molecule has 0 saturated carbocycles. The fourth-order valence-corrected chi connectivity index (χ4v) is 4.07. The first-order chi connectivity index (χ1) is 17.5. The molecule has 0 radical (unpaired) electrons. The van der Waals surface area contributed by atoms with Gasteiger partial charge in [0.1, 0.15) is 18.1 Å². The van der Waals surface area contributed by atoms with Crippen LogP contribution >= 0.6 is 0 Å². The summed E-state index contributed by atoms with van der Waals surface area (Å²) in [5.74, 6) is 1.84. The molecule has 0 amide bonds. The average Bonchev–Trinajstić information content (AvgIpc) is 3.25. The molecule has 0 fully saturated rings. The molecule has 1 aliphatic heterocycles. The Balaban J connectivity index is 1.51. The predicted octanol–water partition coefficient (Wildman–Crippen LogP) is 5.28. The van der Waals surface area contributed by atoms with E-state index in [2.05, 4.69) is 19.9 Å². The number of carbonyl (C=O) groups is 1. The van der Waals surface area contributed by atoms with Gasteiger partial charge in [-0.3, -0.25) is 9.69 Å². The Hall–Kier alpha value is -3.90. The summed E-state index contributed by atoms with van der Waals surface area (Å²) >= 11 is 0. The summed E-state index contributed by atoms with van der Waals surface area (Å²) in [5, 5.41) is 4.19. The van der Waals surface area contributed by atoms with Gasteiger partial charge in [0.15, 0.2) is 0 Å². The molecular weight excluding hydrogens is 460 g/mol. The van der Waals surface area contributed by atoms with Crippen molar-refractivity contribution in [3.05, 3.63) is 53.4 Å². The van der Waals surface area contributed by atoms with E-state index in [1.807, 2.05) is 39.0 Å². The third-order valence-electron chi connectivity index (χ3n) is 5.66. The van der Waals surface area contributed by atoms with E-state index in [0.717, 1.165) is 36.4 Å². The van der Waals surface area contributed by atoms with Gasteiger partial charge in [0.2, 0.25) is 11.5 Å². The second-order valence-corrected chi connectivity index (χ2v) is 8.71. The minimum absolute atomic E-state index is 0.0341. The standard InChI is InChI=1S/C27H30N4O5/c1-5-33-24(32)10-7-13-31-14-15-34-25-20(17-31)8-6-9-21(25)26-29-27(36-30-26)19-11-12-23(35-18(2)3)22(16-19)28-4/h6,8-9,11-12,16,18H,5,7,10,13-15,17H2,1-3H3. The maximum atomic E-state index is 11.6. The van der Waals surface area contributed by atoms with Crippen molar-refractivity contribution in [2.75, 3.05) is 26.3 Å². The second kappa shape index (κ2) is 11.7. The molecule has 1 aromatic heterocycles. The van der Waals surface area contributed by atoms with Gasteiger partial charge in [-0.1, -0.05) is 17.3 Å². The first-order valence-corrected chi connectivity index (χ1v) is 12.1. The number of nitrogens with zero attached hydrogens (tertiary/aromatic N) is 4. The Morgan fingerprint density at radius 1 is 1.28 bits per heavy atom. The van der Waals surface area contributed by atoms with Crippen molar-refractivity contribution in [1.82, 2.24) is 15.0 Å². The first-order valence-electron chi connectivity index (χ1n) is 12.1. The smallest absolute Gasteiger partial charge is 0.305 e. The van der Waals surface area contributed by atoms with Crippen molar-refractivity contribution < 1.29 is 23.5 Å². The third kappa shape index (κ3) is 6.01. The molecule has 2 aromatic carbocycles. The van der Waals surface area contributed by atoms with Gasteiger partial charge in [0.05, 0.1) is 24.8 Å². The molecule has 0 bridgehead atoms. The van der Waals surface area contributed by atoms with Crippen molar-refractivity contribution in [2.24, 2.45) is 0 Å². The number of carbonyl (C=O) groups excluding carboxylic acids is 1. The predicted molar refractivity (Wildman–Crippen MR) is 134 cm³/mol. The van der Waals surface area contributed by atoms with Crippen LogP contribution in [0.25, 0.3) is 27.7 Å². The molecule has 0 saturated heterocycles. The van der Waals surface area contributed by atoms with Gasteiger partial charge < -0.3 is 18.7 Å². The number of aromatic nitrogens is 2. The van der Waals surface area contributed by atoms with E-state index in [-0.39, 0.29) is 12.1 Å². The summed E-state index contributed by atoms with van der Waals surface area (Å²) in [6, 6.07) is 11.1. The van der Waals surface area contributed by atoms with Crippen LogP contribution in [0, 0.1) is 6.57 Å². The van der Waals surface area contributed by atoms with Crippen LogP contribution in [0.2, 0.25) is 0 Å². The summed E-state index contributed by atoms with van der Waals surface area (Å²) in [5.41, 5.74) is 2.81. The molecule has 9 nitrogen and oxygen atoms in total. The van der Waals surface area contributed by atoms with E-state index in [4.69, 9.17) is 25.3 Å². The normalized spacial score (nSPS) is 13.4. The summed E-state index contributed by atoms with van der Waals surface area (Å²) in [4.78, 5) is 22.1. The number of hydrogen-bond donors (Lipinski definition) is 0. The van der Waals surface area contributed by atoms with Gasteiger partial charge in [0, 0.05) is 30.6 Å². The molecule has 3 aromatic rings. The highest BCUT2D eigenvalue weighted by Crippen LogP contribution is 2.37. The van der Waals surface area contributed by atoms with Crippen LogP contribution in [-0.2, 0) is 16.1 Å². The molecule has 0 N–H and O–H groups in total. The number of fused-ring (bicyclic) bond motifs is 1. The fourth-order valence-electron chi connectivity index (χ4n) is 4.07. The Kier molecular flexibility index (Phi) is 8.18. The molecule has 0 aliphatic carbocycles. The average molecular weight is 491 g/mol. The van der Waals surface area contributed by atoms with E-state index in [9.17, 15) is 4.79 Å². The molecule has 9 heteroatoms. The maximum Gasteiger partial charge on any atom is 0.305 e. The summed E-state index contributed by atoms with van der Waals surface area (Å²) < 4.78 is 22.4. The van der Waals surface area contributed by atoms with Gasteiger partial charge in [-0.15, -0.1) is 0 Å². The van der Waals surface area contributed by atoms with Crippen LogP contribution in [0.4, 0.5) is 5.69 Å². The number of esters is 1. The van der Waals surface area contributed by atoms with Crippen molar-refractivity contribution in [1.29, 1.82) is 0 Å². The zero-order chi connectivity index (χ0) is 25.5. The lowest BCUT2D eigenvalue weighted by Crippen LogP contribution is -2.27. The molecule has 0 atom stereocenters. The van der Waals surface area contributed by atoms with Crippen molar-refractivity contribution in [2.45, 2.75) is 46.3 Å². The number of rotatable bonds is 9. The number of para-hydroxylation sites is 1.